The highest BCUT2D eigenvalue weighted by molar-refractivity contribution is 6.09. The minimum absolute atomic E-state index is 0.249. The Balaban J connectivity index is 1.31. The number of nitrogens with one attached hydrogen (secondary N) is 2. The first kappa shape index (κ1) is 26.7. The fourth-order valence-electron chi connectivity index (χ4n) is 4.66. The standard InChI is InChI=1S/C32H26F3N3O2/c1-20(23-12-11-21-7-3-4-8-24(21)17-23)36-31(40)29-18-26(19-38(29)2)37-30(39)28-10-6-5-9-27(28)22-13-15-25(16-14-22)32(33,34)35/h3-20H,1-2H3,(H,36,40)(H,37,39)/t20-/m1/s1. The lowest BCUT2D eigenvalue weighted by Crippen LogP contribution is -2.28. The number of amides is 2. The molecule has 5 nitrogen and oxygen atoms in total. The van der Waals surface area contributed by atoms with E-state index in [1.54, 1.807) is 48.1 Å². The lowest BCUT2D eigenvalue weighted by Gasteiger charge is -2.15. The van der Waals surface area contributed by atoms with Crippen molar-refractivity contribution in [1.29, 1.82) is 0 Å². The van der Waals surface area contributed by atoms with Crippen LogP contribution in [0.1, 0.15) is 44.9 Å². The van der Waals surface area contributed by atoms with E-state index in [2.05, 4.69) is 10.6 Å². The molecule has 0 radical (unpaired) electrons. The van der Waals surface area contributed by atoms with E-state index >= 15 is 0 Å². The Morgan fingerprint density at radius 3 is 2.20 bits per heavy atom. The number of hydrogen-bond donors (Lipinski definition) is 2. The molecule has 2 N–H and O–H groups in total. The Kier molecular flexibility index (Phi) is 7.17. The second kappa shape index (κ2) is 10.7. The van der Waals surface area contributed by atoms with Crippen LogP contribution in [0.25, 0.3) is 21.9 Å². The van der Waals surface area contributed by atoms with Crippen LogP contribution in [0.5, 0.6) is 0 Å². The molecule has 0 saturated heterocycles. The van der Waals surface area contributed by atoms with E-state index in [9.17, 15) is 22.8 Å². The van der Waals surface area contributed by atoms with Crippen LogP contribution in [0.4, 0.5) is 18.9 Å². The van der Waals surface area contributed by atoms with Crippen LogP contribution in [-0.4, -0.2) is 16.4 Å². The fourth-order valence-corrected chi connectivity index (χ4v) is 4.66. The van der Waals surface area contributed by atoms with Crippen LogP contribution >= 0.6 is 0 Å². The van der Waals surface area contributed by atoms with Gasteiger partial charge in [-0.2, -0.15) is 13.2 Å². The molecule has 5 rings (SSSR count). The van der Waals surface area contributed by atoms with E-state index in [1.165, 1.54) is 12.1 Å². The maximum Gasteiger partial charge on any atom is 0.416 e. The second-order valence-corrected chi connectivity index (χ2v) is 9.60. The summed E-state index contributed by atoms with van der Waals surface area (Å²) in [6.07, 6.45) is -2.81. The average Bonchev–Trinajstić information content (AvgIpc) is 3.32. The van der Waals surface area contributed by atoms with Crippen molar-refractivity contribution in [1.82, 2.24) is 9.88 Å². The largest absolute Gasteiger partial charge is 0.416 e. The molecular weight excluding hydrogens is 515 g/mol. The van der Waals surface area contributed by atoms with Crippen molar-refractivity contribution >= 4 is 28.3 Å². The summed E-state index contributed by atoms with van der Waals surface area (Å²) in [5.74, 6) is -0.744. The van der Waals surface area contributed by atoms with Gasteiger partial charge < -0.3 is 15.2 Å². The number of aryl methyl sites for hydroxylation is 1. The molecule has 0 unspecified atom stereocenters. The molecule has 2 amide bonds. The first-order chi connectivity index (χ1) is 19.1. The van der Waals surface area contributed by atoms with E-state index < -0.39 is 17.6 Å². The number of anilines is 1. The SMILES string of the molecule is C[C@@H](NC(=O)c1cc(NC(=O)c2ccccc2-c2ccc(C(F)(F)F)cc2)cn1C)c1ccc2ccccc2c1. The molecule has 5 aromatic rings. The summed E-state index contributed by atoms with van der Waals surface area (Å²) in [5, 5.41) is 8.02. The monoisotopic (exact) mass is 541 g/mol. The third kappa shape index (κ3) is 5.61. The van der Waals surface area contributed by atoms with Gasteiger partial charge in [0.25, 0.3) is 11.8 Å². The van der Waals surface area contributed by atoms with Gasteiger partial charge in [0.15, 0.2) is 0 Å². The van der Waals surface area contributed by atoms with Crippen molar-refractivity contribution in [2.75, 3.05) is 5.32 Å². The number of benzene rings is 4. The number of alkyl halides is 3. The van der Waals surface area contributed by atoms with Crippen molar-refractivity contribution in [2.45, 2.75) is 19.1 Å². The smallest absolute Gasteiger partial charge is 0.344 e. The molecule has 1 atom stereocenters. The second-order valence-electron chi connectivity index (χ2n) is 9.60. The van der Waals surface area contributed by atoms with Gasteiger partial charge in [-0.25, -0.2) is 0 Å². The van der Waals surface area contributed by atoms with Crippen molar-refractivity contribution in [2.24, 2.45) is 7.05 Å². The van der Waals surface area contributed by atoms with Gasteiger partial charge in [-0.05, 0) is 64.7 Å². The predicted octanol–water partition coefficient (Wildman–Crippen LogP) is 7.61. The number of rotatable bonds is 6. The highest BCUT2D eigenvalue weighted by Gasteiger charge is 2.30. The van der Waals surface area contributed by atoms with E-state index in [0.717, 1.165) is 28.5 Å². The minimum atomic E-state index is -4.44. The average molecular weight is 542 g/mol. The van der Waals surface area contributed by atoms with E-state index in [0.29, 0.717) is 28.1 Å². The number of carbonyl (C=O) groups excluding carboxylic acids is 2. The molecule has 202 valence electrons. The molecule has 0 aliphatic rings. The topological polar surface area (TPSA) is 63.1 Å². The molecule has 1 aromatic heterocycles. The summed E-state index contributed by atoms with van der Waals surface area (Å²) in [6.45, 7) is 1.91. The zero-order chi connectivity index (χ0) is 28.4. The number of fused-ring (bicyclic) bond motifs is 1. The molecule has 0 saturated carbocycles. The van der Waals surface area contributed by atoms with Crippen molar-refractivity contribution in [3.63, 3.8) is 0 Å². The van der Waals surface area contributed by atoms with Gasteiger partial charge in [0.1, 0.15) is 5.69 Å². The van der Waals surface area contributed by atoms with Gasteiger partial charge in [0, 0.05) is 18.8 Å². The summed E-state index contributed by atoms with van der Waals surface area (Å²) >= 11 is 0. The van der Waals surface area contributed by atoms with Crippen LogP contribution in [0.15, 0.2) is 103 Å². The van der Waals surface area contributed by atoms with Gasteiger partial charge in [0.2, 0.25) is 0 Å². The summed E-state index contributed by atoms with van der Waals surface area (Å²) < 4.78 is 40.6. The lowest BCUT2D eigenvalue weighted by atomic mass is 9.98. The molecule has 8 heteroatoms. The van der Waals surface area contributed by atoms with E-state index in [-0.39, 0.29) is 11.9 Å². The van der Waals surface area contributed by atoms with Crippen LogP contribution in [-0.2, 0) is 13.2 Å². The number of carbonyl (C=O) groups is 2. The van der Waals surface area contributed by atoms with Gasteiger partial charge in [-0.1, -0.05) is 66.7 Å². The van der Waals surface area contributed by atoms with Gasteiger partial charge in [0.05, 0.1) is 17.3 Å². The van der Waals surface area contributed by atoms with Crippen molar-refractivity contribution in [3.05, 3.63) is 126 Å². The first-order valence-electron chi connectivity index (χ1n) is 12.6. The Labute approximate surface area is 229 Å². The zero-order valence-corrected chi connectivity index (χ0v) is 21.8. The number of hydrogen-bond acceptors (Lipinski definition) is 2. The Bertz CT molecular complexity index is 1710. The van der Waals surface area contributed by atoms with Gasteiger partial charge >= 0.3 is 6.18 Å². The van der Waals surface area contributed by atoms with Crippen molar-refractivity contribution in [3.8, 4) is 11.1 Å². The van der Waals surface area contributed by atoms with Crippen LogP contribution in [0, 0.1) is 0 Å². The highest BCUT2D eigenvalue weighted by Crippen LogP contribution is 2.32. The van der Waals surface area contributed by atoms with Gasteiger partial charge in [-0.3, -0.25) is 9.59 Å². The third-order valence-electron chi connectivity index (χ3n) is 6.81. The molecule has 0 spiro atoms. The fraction of sp³-hybridized carbons (Fsp3) is 0.125. The molecule has 1 heterocycles. The molecule has 40 heavy (non-hydrogen) atoms. The van der Waals surface area contributed by atoms with Crippen molar-refractivity contribution < 1.29 is 22.8 Å². The molecule has 0 fully saturated rings. The Hall–Kier alpha value is -4.85. The Morgan fingerprint density at radius 2 is 1.48 bits per heavy atom. The first-order valence-corrected chi connectivity index (χ1v) is 12.6. The quantitative estimate of drug-likeness (QED) is 0.232. The minimum Gasteiger partial charge on any atom is -0.344 e. The number of aromatic nitrogens is 1. The number of halogens is 3. The molecule has 0 bridgehead atoms. The summed E-state index contributed by atoms with van der Waals surface area (Å²) in [4.78, 5) is 26.3. The summed E-state index contributed by atoms with van der Waals surface area (Å²) in [7, 11) is 1.71. The Morgan fingerprint density at radius 1 is 0.800 bits per heavy atom. The molecule has 0 aliphatic heterocycles. The van der Waals surface area contributed by atoms with Crippen LogP contribution in [0.3, 0.4) is 0 Å². The molecule has 0 aliphatic carbocycles. The van der Waals surface area contributed by atoms with E-state index in [4.69, 9.17) is 0 Å². The lowest BCUT2D eigenvalue weighted by molar-refractivity contribution is -0.137. The molecule has 4 aromatic carbocycles. The maximum absolute atomic E-state index is 13.2. The third-order valence-corrected chi connectivity index (χ3v) is 6.81. The van der Waals surface area contributed by atoms with E-state index in [1.807, 2.05) is 49.4 Å². The van der Waals surface area contributed by atoms with Crippen LogP contribution in [0.2, 0.25) is 0 Å². The predicted molar refractivity (Wildman–Crippen MR) is 150 cm³/mol. The normalized spacial score (nSPS) is 12.2. The maximum atomic E-state index is 13.2. The molecular formula is C32H26F3N3O2. The van der Waals surface area contributed by atoms with Gasteiger partial charge in [-0.15, -0.1) is 0 Å². The highest BCUT2D eigenvalue weighted by atomic mass is 19.4. The zero-order valence-electron chi connectivity index (χ0n) is 21.8. The number of nitrogens with zero attached hydrogens (tertiary/aromatic N) is 1. The summed E-state index contributed by atoms with van der Waals surface area (Å²) in [6, 6.07) is 26.7. The summed E-state index contributed by atoms with van der Waals surface area (Å²) in [5.41, 5.74) is 2.25. The van der Waals surface area contributed by atoms with Crippen LogP contribution < -0.4 is 10.6 Å².